The Morgan fingerprint density at radius 1 is 1.05 bits per heavy atom. The maximum absolute atomic E-state index is 12.0. The van der Waals surface area contributed by atoms with Crippen LogP contribution in [0.2, 0.25) is 10.0 Å². The first-order valence-electron chi connectivity index (χ1n) is 6.07. The third kappa shape index (κ3) is 3.54. The van der Waals surface area contributed by atoms with Crippen molar-refractivity contribution in [1.82, 2.24) is 5.43 Å². The molecule has 0 spiro atoms. The molecule has 108 valence electrons. The monoisotopic (exact) mass is 322 g/mol. The molecule has 2 aromatic carbocycles. The van der Waals surface area contributed by atoms with Gasteiger partial charge >= 0.3 is 0 Å². The third-order valence-electron chi connectivity index (χ3n) is 2.82. The van der Waals surface area contributed by atoms with Crippen molar-refractivity contribution in [2.24, 2.45) is 5.10 Å². The van der Waals surface area contributed by atoms with Gasteiger partial charge in [-0.3, -0.25) is 4.79 Å². The highest BCUT2D eigenvalue weighted by Crippen LogP contribution is 2.27. The van der Waals surface area contributed by atoms with Crippen LogP contribution in [0.25, 0.3) is 0 Å². The number of carbonyl (C=O) groups excluding carboxylic acids is 1. The van der Waals surface area contributed by atoms with Crippen LogP contribution < -0.4 is 5.43 Å². The van der Waals surface area contributed by atoms with Crippen molar-refractivity contribution in [3.05, 3.63) is 63.6 Å². The van der Waals surface area contributed by atoms with Gasteiger partial charge in [0, 0.05) is 5.56 Å². The van der Waals surface area contributed by atoms with Crippen LogP contribution in [-0.4, -0.2) is 16.7 Å². The lowest BCUT2D eigenvalue weighted by Gasteiger charge is -2.06. The van der Waals surface area contributed by atoms with E-state index >= 15 is 0 Å². The zero-order valence-electron chi connectivity index (χ0n) is 11.1. The third-order valence-corrected chi connectivity index (χ3v) is 3.45. The highest BCUT2D eigenvalue weighted by Gasteiger charge is 2.11. The maximum atomic E-state index is 12.0. The summed E-state index contributed by atoms with van der Waals surface area (Å²) in [5.41, 5.74) is 3.59. The summed E-state index contributed by atoms with van der Waals surface area (Å²) in [5, 5.41) is 14.4. The van der Waals surface area contributed by atoms with E-state index in [-0.39, 0.29) is 10.8 Å². The Bertz CT molecular complexity index is 715. The average molecular weight is 323 g/mol. The minimum absolute atomic E-state index is 0.0765. The Hall–Kier alpha value is -2.04. The van der Waals surface area contributed by atoms with Crippen molar-refractivity contribution < 1.29 is 9.90 Å². The van der Waals surface area contributed by atoms with Gasteiger partial charge in [-0.1, -0.05) is 41.4 Å². The number of nitrogens with one attached hydrogen (secondary N) is 1. The largest absolute Gasteiger partial charge is 0.506 e. The van der Waals surface area contributed by atoms with Crippen molar-refractivity contribution in [1.29, 1.82) is 0 Å². The fraction of sp³-hybridized carbons (Fsp3) is 0.0667. The van der Waals surface area contributed by atoms with E-state index in [0.717, 1.165) is 0 Å². The zero-order chi connectivity index (χ0) is 15.4. The maximum Gasteiger partial charge on any atom is 0.272 e. The summed E-state index contributed by atoms with van der Waals surface area (Å²) in [6.07, 6.45) is 0. The molecule has 0 unspecified atom stereocenters. The number of para-hydroxylation sites is 1. The first-order chi connectivity index (χ1) is 10.0. The summed E-state index contributed by atoms with van der Waals surface area (Å²) >= 11 is 11.8. The Morgan fingerprint density at radius 3 is 2.38 bits per heavy atom. The quantitative estimate of drug-likeness (QED) is 0.666. The van der Waals surface area contributed by atoms with Gasteiger partial charge in [0.15, 0.2) is 0 Å². The van der Waals surface area contributed by atoms with Crippen molar-refractivity contribution in [3.63, 3.8) is 0 Å². The molecule has 0 aromatic heterocycles. The Labute approximate surface area is 132 Å². The number of halogens is 2. The molecule has 21 heavy (non-hydrogen) atoms. The molecule has 0 radical (unpaired) electrons. The number of aromatic hydroxyl groups is 1. The lowest BCUT2D eigenvalue weighted by Crippen LogP contribution is -2.19. The second-order valence-electron chi connectivity index (χ2n) is 4.25. The van der Waals surface area contributed by atoms with Gasteiger partial charge in [0.25, 0.3) is 5.91 Å². The normalized spacial score (nSPS) is 11.3. The number of amides is 1. The molecule has 6 heteroatoms. The van der Waals surface area contributed by atoms with Gasteiger partial charge in [0.05, 0.1) is 21.3 Å². The number of hydrogen-bond donors (Lipinski definition) is 2. The van der Waals surface area contributed by atoms with Gasteiger partial charge in [-0.05, 0) is 31.2 Å². The van der Waals surface area contributed by atoms with Crippen LogP contribution in [0.4, 0.5) is 0 Å². The fourth-order valence-corrected chi connectivity index (χ4v) is 2.10. The number of carbonyl (C=O) groups is 1. The van der Waals surface area contributed by atoms with Crippen LogP contribution in [0.1, 0.15) is 22.8 Å². The number of rotatable bonds is 3. The summed E-state index contributed by atoms with van der Waals surface area (Å²) < 4.78 is 0. The molecule has 0 aliphatic heterocycles. The van der Waals surface area contributed by atoms with E-state index in [1.165, 1.54) is 0 Å². The molecule has 2 N–H and O–H groups in total. The summed E-state index contributed by atoms with van der Waals surface area (Å²) in [4.78, 5) is 12.0. The summed E-state index contributed by atoms with van der Waals surface area (Å²) in [5.74, 6) is -0.506. The van der Waals surface area contributed by atoms with Gasteiger partial charge in [0.2, 0.25) is 0 Å². The van der Waals surface area contributed by atoms with E-state index in [1.54, 1.807) is 49.4 Å². The van der Waals surface area contributed by atoms with E-state index in [4.69, 9.17) is 23.2 Å². The minimum Gasteiger partial charge on any atom is -0.506 e. The molecule has 0 aliphatic carbocycles. The number of nitrogens with zero attached hydrogens (tertiary/aromatic N) is 1. The van der Waals surface area contributed by atoms with E-state index in [9.17, 15) is 9.90 Å². The Kier molecular flexibility index (Phi) is 4.83. The SMILES string of the molecule is C/C(=N\NC(=O)c1ccccc1Cl)c1cccc(Cl)c1O. The Balaban J connectivity index is 2.19. The van der Waals surface area contributed by atoms with Gasteiger partial charge < -0.3 is 5.11 Å². The second kappa shape index (κ2) is 6.61. The molecule has 4 nitrogen and oxygen atoms in total. The first-order valence-corrected chi connectivity index (χ1v) is 6.83. The van der Waals surface area contributed by atoms with Crippen molar-refractivity contribution >= 4 is 34.8 Å². The molecule has 0 bridgehead atoms. The lowest BCUT2D eigenvalue weighted by molar-refractivity contribution is 0.0955. The average Bonchev–Trinajstić information content (AvgIpc) is 2.47. The zero-order valence-corrected chi connectivity index (χ0v) is 12.6. The molecular formula is C15H12Cl2N2O2. The van der Waals surface area contributed by atoms with Crippen LogP contribution in [0.5, 0.6) is 5.75 Å². The molecule has 0 saturated heterocycles. The molecule has 0 heterocycles. The molecule has 0 fully saturated rings. The van der Waals surface area contributed by atoms with Crippen molar-refractivity contribution in [2.45, 2.75) is 6.92 Å². The van der Waals surface area contributed by atoms with Gasteiger partial charge in [-0.2, -0.15) is 5.10 Å². The molecule has 2 rings (SSSR count). The molecule has 2 aromatic rings. The van der Waals surface area contributed by atoms with Gasteiger partial charge in [-0.25, -0.2) is 5.43 Å². The summed E-state index contributed by atoms with van der Waals surface area (Å²) in [6, 6.07) is 11.6. The highest BCUT2D eigenvalue weighted by molar-refractivity contribution is 6.34. The van der Waals surface area contributed by atoms with Crippen LogP contribution in [0.3, 0.4) is 0 Å². The smallest absolute Gasteiger partial charge is 0.272 e. The van der Waals surface area contributed by atoms with Crippen molar-refractivity contribution in [2.75, 3.05) is 0 Å². The Morgan fingerprint density at radius 2 is 1.67 bits per heavy atom. The van der Waals surface area contributed by atoms with E-state index in [2.05, 4.69) is 10.5 Å². The topological polar surface area (TPSA) is 61.7 Å². The van der Waals surface area contributed by atoms with Crippen LogP contribution in [-0.2, 0) is 0 Å². The second-order valence-corrected chi connectivity index (χ2v) is 5.07. The number of benzene rings is 2. The number of phenols is 1. The molecular weight excluding hydrogens is 311 g/mol. The number of hydrazone groups is 1. The van der Waals surface area contributed by atoms with Crippen LogP contribution >= 0.6 is 23.2 Å². The molecule has 0 saturated carbocycles. The number of hydrogen-bond acceptors (Lipinski definition) is 3. The predicted molar refractivity (Wildman–Crippen MR) is 84.2 cm³/mol. The van der Waals surface area contributed by atoms with E-state index in [0.29, 0.717) is 21.9 Å². The van der Waals surface area contributed by atoms with E-state index in [1.807, 2.05) is 0 Å². The van der Waals surface area contributed by atoms with E-state index < -0.39 is 5.91 Å². The number of phenolic OH excluding ortho intramolecular Hbond substituents is 1. The fourth-order valence-electron chi connectivity index (χ4n) is 1.71. The summed E-state index contributed by atoms with van der Waals surface area (Å²) in [6.45, 7) is 1.65. The predicted octanol–water partition coefficient (Wildman–Crippen LogP) is 3.85. The van der Waals surface area contributed by atoms with Gasteiger partial charge in [0.1, 0.15) is 5.75 Å². The molecule has 0 aliphatic rings. The van der Waals surface area contributed by atoms with Crippen LogP contribution in [0, 0.1) is 0 Å². The van der Waals surface area contributed by atoms with Crippen LogP contribution in [0.15, 0.2) is 47.6 Å². The molecule has 1 amide bonds. The standard InChI is InChI=1S/C15H12Cl2N2O2/c1-9(10-6-4-8-13(17)14(10)20)18-19-15(21)11-5-2-3-7-12(11)16/h2-8,20H,1H3,(H,19,21)/b18-9+. The van der Waals surface area contributed by atoms with Crippen molar-refractivity contribution in [3.8, 4) is 5.75 Å². The molecule has 0 atom stereocenters. The van der Waals surface area contributed by atoms with Gasteiger partial charge in [-0.15, -0.1) is 0 Å². The summed E-state index contributed by atoms with van der Waals surface area (Å²) in [7, 11) is 0. The lowest BCUT2D eigenvalue weighted by atomic mass is 10.1. The minimum atomic E-state index is -0.429. The highest BCUT2D eigenvalue weighted by atomic mass is 35.5. The first kappa shape index (κ1) is 15.4.